The highest BCUT2D eigenvalue weighted by Gasteiger charge is 2.08. The van der Waals surface area contributed by atoms with Gasteiger partial charge in [0.15, 0.2) is 0 Å². The number of rotatable bonds is 4. The van der Waals surface area contributed by atoms with Crippen molar-refractivity contribution >= 4 is 5.97 Å². The molecule has 0 saturated carbocycles. The molecule has 0 radical (unpaired) electrons. The summed E-state index contributed by atoms with van der Waals surface area (Å²) in [7, 11) is 1.37. The molecule has 19 heavy (non-hydrogen) atoms. The fourth-order valence-corrected chi connectivity index (χ4v) is 1.78. The number of ether oxygens (including phenoxy) is 2. The Balaban J connectivity index is 2.06. The maximum atomic E-state index is 11.3. The summed E-state index contributed by atoms with van der Waals surface area (Å²) in [5.41, 5.74) is 1.63. The second kappa shape index (κ2) is 6.05. The van der Waals surface area contributed by atoms with Crippen LogP contribution < -0.4 is 4.74 Å². The fraction of sp³-hybridized carbons (Fsp3) is 0.188. The summed E-state index contributed by atoms with van der Waals surface area (Å²) in [5, 5.41) is 0. The van der Waals surface area contributed by atoms with Crippen molar-refractivity contribution in [3.05, 3.63) is 65.7 Å². The quantitative estimate of drug-likeness (QED) is 0.784. The van der Waals surface area contributed by atoms with Gasteiger partial charge in [-0.1, -0.05) is 30.3 Å². The maximum Gasteiger partial charge on any atom is 0.337 e. The van der Waals surface area contributed by atoms with E-state index in [1.165, 1.54) is 7.11 Å². The van der Waals surface area contributed by atoms with Crippen LogP contribution in [0.25, 0.3) is 0 Å². The molecular weight excluding hydrogens is 240 g/mol. The average Bonchev–Trinajstić information content (AvgIpc) is 2.48. The molecule has 0 aromatic heterocycles. The molecule has 1 atom stereocenters. The van der Waals surface area contributed by atoms with Crippen molar-refractivity contribution < 1.29 is 14.3 Å². The molecule has 0 N–H and O–H groups in total. The third-order valence-corrected chi connectivity index (χ3v) is 2.86. The molecule has 2 aromatic carbocycles. The van der Waals surface area contributed by atoms with Gasteiger partial charge in [0.05, 0.1) is 12.7 Å². The van der Waals surface area contributed by atoms with Gasteiger partial charge in [0, 0.05) is 0 Å². The summed E-state index contributed by atoms with van der Waals surface area (Å²) in [6.45, 7) is 1.99. The SMILES string of the molecule is COC(=O)c1ccc(OC(C)c2ccccc2)cc1. The first kappa shape index (κ1) is 13.1. The van der Waals surface area contributed by atoms with Gasteiger partial charge in [-0.3, -0.25) is 0 Å². The Morgan fingerprint density at radius 2 is 1.63 bits per heavy atom. The van der Waals surface area contributed by atoms with Crippen LogP contribution in [0.4, 0.5) is 0 Å². The topological polar surface area (TPSA) is 35.5 Å². The van der Waals surface area contributed by atoms with Gasteiger partial charge in [-0.15, -0.1) is 0 Å². The Labute approximate surface area is 112 Å². The van der Waals surface area contributed by atoms with Crippen LogP contribution in [0.15, 0.2) is 54.6 Å². The monoisotopic (exact) mass is 256 g/mol. The number of benzene rings is 2. The minimum atomic E-state index is -0.345. The maximum absolute atomic E-state index is 11.3. The molecule has 2 aromatic rings. The van der Waals surface area contributed by atoms with Crippen molar-refractivity contribution in [2.75, 3.05) is 7.11 Å². The Hall–Kier alpha value is -2.29. The highest BCUT2D eigenvalue weighted by Crippen LogP contribution is 2.21. The molecule has 0 aliphatic rings. The van der Waals surface area contributed by atoms with Gasteiger partial charge in [-0.05, 0) is 36.8 Å². The summed E-state index contributed by atoms with van der Waals surface area (Å²) in [5.74, 6) is 0.381. The molecule has 98 valence electrons. The van der Waals surface area contributed by atoms with Crippen LogP contribution in [0, 0.1) is 0 Å². The molecule has 0 bridgehead atoms. The van der Waals surface area contributed by atoms with E-state index in [1.807, 2.05) is 37.3 Å². The summed E-state index contributed by atoms with van der Waals surface area (Å²) in [6, 6.07) is 16.9. The molecule has 0 aliphatic heterocycles. The van der Waals surface area contributed by atoms with Gasteiger partial charge in [-0.2, -0.15) is 0 Å². The van der Waals surface area contributed by atoms with Gasteiger partial charge in [0.25, 0.3) is 0 Å². The first-order valence-corrected chi connectivity index (χ1v) is 6.10. The van der Waals surface area contributed by atoms with Crippen LogP contribution in [0.2, 0.25) is 0 Å². The Morgan fingerprint density at radius 3 is 2.21 bits per heavy atom. The third-order valence-electron chi connectivity index (χ3n) is 2.86. The first-order valence-electron chi connectivity index (χ1n) is 6.10. The number of hydrogen-bond donors (Lipinski definition) is 0. The van der Waals surface area contributed by atoms with E-state index in [1.54, 1.807) is 24.3 Å². The molecule has 2 rings (SSSR count). The van der Waals surface area contributed by atoms with Crippen LogP contribution in [-0.2, 0) is 4.74 Å². The molecule has 0 aliphatic carbocycles. The molecule has 0 spiro atoms. The van der Waals surface area contributed by atoms with E-state index in [4.69, 9.17) is 4.74 Å². The summed E-state index contributed by atoms with van der Waals surface area (Å²) >= 11 is 0. The van der Waals surface area contributed by atoms with Crippen molar-refractivity contribution in [2.24, 2.45) is 0 Å². The summed E-state index contributed by atoms with van der Waals surface area (Å²) < 4.78 is 10.5. The van der Waals surface area contributed by atoms with Gasteiger partial charge >= 0.3 is 5.97 Å². The second-order valence-electron chi connectivity index (χ2n) is 4.19. The van der Waals surface area contributed by atoms with Gasteiger partial charge in [-0.25, -0.2) is 4.79 Å². The highest BCUT2D eigenvalue weighted by atomic mass is 16.5. The van der Waals surface area contributed by atoms with E-state index in [0.29, 0.717) is 5.56 Å². The average molecular weight is 256 g/mol. The third kappa shape index (κ3) is 3.35. The summed E-state index contributed by atoms with van der Waals surface area (Å²) in [4.78, 5) is 11.3. The molecule has 0 heterocycles. The molecule has 3 nitrogen and oxygen atoms in total. The summed E-state index contributed by atoms with van der Waals surface area (Å²) in [6.07, 6.45) is -0.0369. The lowest BCUT2D eigenvalue weighted by Crippen LogP contribution is -2.04. The highest BCUT2D eigenvalue weighted by molar-refractivity contribution is 5.89. The molecule has 0 amide bonds. The Morgan fingerprint density at radius 1 is 1.00 bits per heavy atom. The number of hydrogen-bond acceptors (Lipinski definition) is 3. The minimum absolute atomic E-state index is 0.0369. The number of esters is 1. The van der Waals surface area contributed by atoms with Crippen molar-refractivity contribution in [1.29, 1.82) is 0 Å². The van der Waals surface area contributed by atoms with Crippen LogP contribution in [-0.4, -0.2) is 13.1 Å². The van der Waals surface area contributed by atoms with Crippen LogP contribution in [0.1, 0.15) is 28.9 Å². The van der Waals surface area contributed by atoms with Gasteiger partial charge in [0.2, 0.25) is 0 Å². The predicted molar refractivity (Wildman–Crippen MR) is 73.3 cm³/mol. The predicted octanol–water partition coefficient (Wildman–Crippen LogP) is 3.61. The Kier molecular flexibility index (Phi) is 4.18. The van der Waals surface area contributed by atoms with Crippen LogP contribution >= 0.6 is 0 Å². The molecular formula is C16H16O3. The standard InChI is InChI=1S/C16H16O3/c1-12(13-6-4-3-5-7-13)19-15-10-8-14(9-11-15)16(17)18-2/h3-12H,1-2H3. The van der Waals surface area contributed by atoms with Crippen molar-refractivity contribution in [3.8, 4) is 5.75 Å². The van der Waals surface area contributed by atoms with Crippen molar-refractivity contribution in [2.45, 2.75) is 13.0 Å². The van der Waals surface area contributed by atoms with Crippen LogP contribution in [0.3, 0.4) is 0 Å². The second-order valence-corrected chi connectivity index (χ2v) is 4.19. The van der Waals surface area contributed by atoms with Crippen molar-refractivity contribution in [3.63, 3.8) is 0 Å². The van der Waals surface area contributed by atoms with E-state index in [-0.39, 0.29) is 12.1 Å². The molecule has 0 saturated heterocycles. The number of carbonyl (C=O) groups excluding carboxylic acids is 1. The van der Waals surface area contributed by atoms with E-state index >= 15 is 0 Å². The largest absolute Gasteiger partial charge is 0.486 e. The lowest BCUT2D eigenvalue weighted by molar-refractivity contribution is 0.0600. The minimum Gasteiger partial charge on any atom is -0.486 e. The smallest absolute Gasteiger partial charge is 0.337 e. The zero-order valence-corrected chi connectivity index (χ0v) is 11.0. The van der Waals surface area contributed by atoms with E-state index in [9.17, 15) is 4.79 Å². The molecule has 1 unspecified atom stereocenters. The number of methoxy groups -OCH3 is 1. The van der Waals surface area contributed by atoms with E-state index in [2.05, 4.69) is 4.74 Å². The van der Waals surface area contributed by atoms with Gasteiger partial charge < -0.3 is 9.47 Å². The number of carbonyl (C=O) groups is 1. The first-order chi connectivity index (χ1) is 9.20. The Bertz CT molecular complexity index is 532. The normalized spacial score (nSPS) is 11.7. The molecule has 3 heteroatoms. The zero-order valence-electron chi connectivity index (χ0n) is 11.0. The molecule has 0 fully saturated rings. The zero-order chi connectivity index (χ0) is 13.7. The van der Waals surface area contributed by atoms with Crippen LogP contribution in [0.5, 0.6) is 5.75 Å². The van der Waals surface area contributed by atoms with Gasteiger partial charge in [0.1, 0.15) is 11.9 Å². The lowest BCUT2D eigenvalue weighted by atomic mass is 10.1. The van der Waals surface area contributed by atoms with E-state index in [0.717, 1.165) is 11.3 Å². The van der Waals surface area contributed by atoms with Crippen molar-refractivity contribution in [1.82, 2.24) is 0 Å². The fourth-order valence-electron chi connectivity index (χ4n) is 1.78. The lowest BCUT2D eigenvalue weighted by Gasteiger charge is -2.15. The van der Waals surface area contributed by atoms with E-state index < -0.39 is 0 Å².